The lowest BCUT2D eigenvalue weighted by molar-refractivity contribution is 0.322. The molecule has 0 aliphatic rings. The van der Waals surface area contributed by atoms with Crippen molar-refractivity contribution >= 4 is 21.9 Å². The third-order valence-electron chi connectivity index (χ3n) is 4.17. The Morgan fingerprint density at radius 2 is 1.69 bits per heavy atom. The van der Waals surface area contributed by atoms with Gasteiger partial charge in [-0.3, -0.25) is 4.72 Å². The third-order valence-corrected chi connectivity index (χ3v) is 5.43. The van der Waals surface area contributed by atoms with E-state index in [2.05, 4.69) is 9.82 Å². The van der Waals surface area contributed by atoms with Gasteiger partial charge in [-0.15, -0.1) is 0 Å². The van der Waals surface area contributed by atoms with E-state index in [4.69, 9.17) is 10.6 Å². The Morgan fingerprint density at radius 3 is 2.41 bits per heavy atom. The SMILES string of the molecule is NN=Cc1ccc(CCOc2cccc(NS(=O)(=O)Cc3ccccc3)c2)cc1. The molecule has 0 fully saturated rings. The predicted octanol–water partition coefficient (Wildman–Crippen LogP) is 3.54. The highest BCUT2D eigenvalue weighted by atomic mass is 32.2. The lowest BCUT2D eigenvalue weighted by atomic mass is 10.1. The van der Waals surface area contributed by atoms with Crippen LogP contribution in [0.5, 0.6) is 5.75 Å². The van der Waals surface area contributed by atoms with E-state index < -0.39 is 10.0 Å². The van der Waals surface area contributed by atoms with Crippen LogP contribution in [0.2, 0.25) is 0 Å². The van der Waals surface area contributed by atoms with Crippen LogP contribution < -0.4 is 15.3 Å². The molecule has 0 heterocycles. The van der Waals surface area contributed by atoms with E-state index in [1.165, 1.54) is 0 Å². The fourth-order valence-corrected chi connectivity index (χ4v) is 3.99. The molecule has 3 aromatic rings. The maximum absolute atomic E-state index is 12.4. The van der Waals surface area contributed by atoms with Gasteiger partial charge in [0.1, 0.15) is 5.75 Å². The van der Waals surface area contributed by atoms with Crippen LogP contribution in [0.3, 0.4) is 0 Å². The monoisotopic (exact) mass is 409 g/mol. The summed E-state index contributed by atoms with van der Waals surface area (Å²) in [5, 5.41) is 3.50. The second kappa shape index (κ2) is 9.75. The first-order chi connectivity index (χ1) is 14.0. The van der Waals surface area contributed by atoms with Gasteiger partial charge < -0.3 is 10.6 Å². The van der Waals surface area contributed by atoms with Gasteiger partial charge in [-0.25, -0.2) is 8.42 Å². The van der Waals surface area contributed by atoms with Crippen LogP contribution in [0.1, 0.15) is 16.7 Å². The Morgan fingerprint density at radius 1 is 0.931 bits per heavy atom. The van der Waals surface area contributed by atoms with Crippen LogP contribution in [0, 0.1) is 0 Å². The second-order valence-electron chi connectivity index (χ2n) is 6.49. The van der Waals surface area contributed by atoms with Crippen LogP contribution in [-0.2, 0) is 22.2 Å². The number of hydrazone groups is 1. The number of nitrogens with one attached hydrogen (secondary N) is 1. The minimum Gasteiger partial charge on any atom is -0.493 e. The molecule has 0 saturated carbocycles. The summed E-state index contributed by atoms with van der Waals surface area (Å²) in [6.45, 7) is 0.477. The molecule has 0 unspecified atom stereocenters. The zero-order valence-corrected chi connectivity index (χ0v) is 16.7. The Labute approximate surface area is 171 Å². The van der Waals surface area contributed by atoms with E-state index in [0.717, 1.165) is 23.1 Å². The van der Waals surface area contributed by atoms with Crippen LogP contribution in [-0.4, -0.2) is 21.2 Å². The van der Waals surface area contributed by atoms with Crippen molar-refractivity contribution in [2.24, 2.45) is 10.9 Å². The number of sulfonamides is 1. The van der Waals surface area contributed by atoms with Gasteiger partial charge in [0.2, 0.25) is 10.0 Å². The van der Waals surface area contributed by atoms with Crippen molar-refractivity contribution < 1.29 is 13.2 Å². The molecule has 0 aromatic heterocycles. The molecular weight excluding hydrogens is 386 g/mol. The molecule has 0 radical (unpaired) electrons. The molecule has 0 spiro atoms. The average molecular weight is 410 g/mol. The van der Waals surface area contributed by atoms with E-state index in [1.54, 1.807) is 42.6 Å². The molecular formula is C22H23N3O3S. The topological polar surface area (TPSA) is 93.8 Å². The van der Waals surface area contributed by atoms with Gasteiger partial charge in [0.15, 0.2) is 0 Å². The van der Waals surface area contributed by atoms with Crippen molar-refractivity contribution in [1.29, 1.82) is 0 Å². The van der Waals surface area contributed by atoms with Gasteiger partial charge in [0.25, 0.3) is 0 Å². The number of anilines is 1. The van der Waals surface area contributed by atoms with Crippen molar-refractivity contribution in [2.45, 2.75) is 12.2 Å². The summed E-state index contributed by atoms with van der Waals surface area (Å²) in [6, 6.07) is 23.9. The van der Waals surface area contributed by atoms with E-state index >= 15 is 0 Å². The van der Waals surface area contributed by atoms with E-state index in [1.807, 2.05) is 42.5 Å². The molecule has 0 amide bonds. The highest BCUT2D eigenvalue weighted by molar-refractivity contribution is 7.91. The van der Waals surface area contributed by atoms with Crippen molar-refractivity contribution in [3.63, 3.8) is 0 Å². The van der Waals surface area contributed by atoms with Crippen LogP contribution in [0.25, 0.3) is 0 Å². The molecule has 0 bridgehead atoms. The van der Waals surface area contributed by atoms with E-state index in [9.17, 15) is 8.42 Å². The minimum absolute atomic E-state index is 0.0796. The van der Waals surface area contributed by atoms with Crippen LogP contribution in [0.4, 0.5) is 5.69 Å². The van der Waals surface area contributed by atoms with Crippen molar-refractivity contribution in [3.05, 3.63) is 95.6 Å². The van der Waals surface area contributed by atoms with Gasteiger partial charge >= 0.3 is 0 Å². The smallest absolute Gasteiger partial charge is 0.236 e. The zero-order chi connectivity index (χ0) is 20.5. The second-order valence-corrected chi connectivity index (χ2v) is 8.22. The first-order valence-corrected chi connectivity index (χ1v) is 10.8. The fraction of sp³-hybridized carbons (Fsp3) is 0.136. The number of nitrogens with zero attached hydrogens (tertiary/aromatic N) is 1. The summed E-state index contributed by atoms with van der Waals surface area (Å²) in [5.41, 5.74) is 3.27. The Hall–Kier alpha value is -3.32. The minimum atomic E-state index is -3.50. The standard InChI is InChI=1S/C22H23N3O3S/c23-24-16-19-11-9-18(10-12-19)13-14-28-22-8-4-7-21(15-22)25-29(26,27)17-20-5-2-1-3-6-20/h1-12,15-16,25H,13-14,17,23H2. The van der Waals surface area contributed by atoms with Crippen molar-refractivity contribution in [3.8, 4) is 5.75 Å². The predicted molar refractivity (Wildman–Crippen MR) is 117 cm³/mol. The van der Waals surface area contributed by atoms with Crippen LogP contribution >= 0.6 is 0 Å². The maximum Gasteiger partial charge on any atom is 0.236 e. The Kier molecular flexibility index (Phi) is 6.86. The lowest BCUT2D eigenvalue weighted by Gasteiger charge is -2.11. The molecule has 7 heteroatoms. The third kappa shape index (κ3) is 6.65. The summed E-state index contributed by atoms with van der Waals surface area (Å²) in [4.78, 5) is 0. The lowest BCUT2D eigenvalue weighted by Crippen LogP contribution is -2.15. The molecule has 3 rings (SSSR count). The zero-order valence-electron chi connectivity index (χ0n) is 15.9. The Balaban J connectivity index is 1.55. The highest BCUT2D eigenvalue weighted by Gasteiger charge is 2.12. The average Bonchev–Trinajstić information content (AvgIpc) is 2.70. The molecule has 3 N–H and O–H groups in total. The number of benzene rings is 3. The van der Waals surface area contributed by atoms with Gasteiger partial charge in [0, 0.05) is 12.5 Å². The molecule has 3 aromatic carbocycles. The van der Waals surface area contributed by atoms with Crippen molar-refractivity contribution in [2.75, 3.05) is 11.3 Å². The number of hydrogen-bond acceptors (Lipinski definition) is 5. The molecule has 0 aliphatic heterocycles. The Bertz CT molecular complexity index is 1050. The maximum atomic E-state index is 12.4. The summed E-state index contributed by atoms with van der Waals surface area (Å²) < 4.78 is 33.2. The highest BCUT2D eigenvalue weighted by Crippen LogP contribution is 2.20. The molecule has 0 atom stereocenters. The fourth-order valence-electron chi connectivity index (χ4n) is 2.80. The van der Waals surface area contributed by atoms with E-state index in [0.29, 0.717) is 18.0 Å². The summed E-state index contributed by atoms with van der Waals surface area (Å²) in [7, 11) is -3.50. The number of ether oxygens (including phenoxy) is 1. The summed E-state index contributed by atoms with van der Waals surface area (Å²) in [5.74, 6) is 5.67. The summed E-state index contributed by atoms with van der Waals surface area (Å²) in [6.07, 6.45) is 2.31. The molecule has 29 heavy (non-hydrogen) atoms. The first kappa shape index (κ1) is 20.4. The molecule has 0 saturated heterocycles. The normalized spacial score (nSPS) is 11.4. The van der Waals surface area contributed by atoms with E-state index in [-0.39, 0.29) is 5.75 Å². The van der Waals surface area contributed by atoms with Gasteiger partial charge in [-0.05, 0) is 28.8 Å². The largest absolute Gasteiger partial charge is 0.493 e. The van der Waals surface area contributed by atoms with Crippen molar-refractivity contribution in [1.82, 2.24) is 0 Å². The van der Waals surface area contributed by atoms with Gasteiger partial charge in [0.05, 0.1) is 24.3 Å². The molecule has 0 aliphatic carbocycles. The first-order valence-electron chi connectivity index (χ1n) is 9.13. The summed E-state index contributed by atoms with van der Waals surface area (Å²) >= 11 is 0. The number of rotatable bonds is 9. The molecule has 6 nitrogen and oxygen atoms in total. The quantitative estimate of drug-likeness (QED) is 0.321. The number of hydrogen-bond donors (Lipinski definition) is 2. The van der Waals surface area contributed by atoms with Gasteiger partial charge in [-0.2, -0.15) is 5.10 Å². The molecule has 150 valence electrons. The van der Waals surface area contributed by atoms with Gasteiger partial charge in [-0.1, -0.05) is 60.7 Å². The van der Waals surface area contributed by atoms with Crippen LogP contribution in [0.15, 0.2) is 84.0 Å². The number of nitrogens with two attached hydrogens (primary N) is 1.